The van der Waals surface area contributed by atoms with Crippen molar-refractivity contribution < 1.29 is 0 Å². The molecule has 5 nitrogen and oxygen atoms in total. The Bertz CT molecular complexity index is 753. The fourth-order valence-corrected chi connectivity index (χ4v) is 2.11. The van der Waals surface area contributed by atoms with Crippen molar-refractivity contribution >= 4 is 40.2 Å². The van der Waals surface area contributed by atoms with E-state index >= 15 is 0 Å². The topological polar surface area (TPSA) is 66.5 Å². The lowest BCUT2D eigenvalue weighted by atomic mass is 10.1. The van der Waals surface area contributed by atoms with Gasteiger partial charge in [0, 0.05) is 12.6 Å². The molecule has 0 aliphatic rings. The Kier molecular flexibility index (Phi) is 3.00. The van der Waals surface area contributed by atoms with E-state index in [4.69, 9.17) is 23.2 Å². The second-order valence-electron chi connectivity index (χ2n) is 3.91. The van der Waals surface area contributed by atoms with Crippen LogP contribution >= 0.6 is 23.2 Å². The van der Waals surface area contributed by atoms with Crippen molar-refractivity contribution in [2.45, 2.75) is 0 Å². The lowest BCUT2D eigenvalue weighted by molar-refractivity contribution is 1.09. The van der Waals surface area contributed by atoms with Crippen molar-refractivity contribution in [2.75, 3.05) is 12.4 Å². The van der Waals surface area contributed by atoms with E-state index in [1.807, 2.05) is 6.07 Å². The maximum atomic E-state index is 6.05. The van der Waals surface area contributed by atoms with Crippen molar-refractivity contribution in [2.24, 2.45) is 0 Å². The van der Waals surface area contributed by atoms with Crippen LogP contribution in [0, 0.1) is 0 Å². The van der Waals surface area contributed by atoms with Gasteiger partial charge in [0.05, 0.1) is 27.3 Å². The van der Waals surface area contributed by atoms with Crippen LogP contribution < -0.4 is 5.32 Å². The maximum Gasteiger partial charge on any atom is 0.225 e. The first-order chi connectivity index (χ1) is 9.19. The third kappa shape index (κ3) is 2.11. The Morgan fingerprint density at radius 3 is 2.74 bits per heavy atom. The third-order valence-electron chi connectivity index (χ3n) is 2.73. The number of H-pyrrole nitrogens is 1. The van der Waals surface area contributed by atoms with E-state index in [2.05, 4.69) is 25.5 Å². The van der Waals surface area contributed by atoms with Gasteiger partial charge in [-0.1, -0.05) is 29.3 Å². The monoisotopic (exact) mass is 293 g/mol. The predicted molar refractivity (Wildman–Crippen MR) is 76.7 cm³/mol. The SMILES string of the molecule is CNc1nc(-c2ccc(Cl)c(Cl)c2)c2cn[nH]c2n1. The fraction of sp³-hybridized carbons (Fsp3) is 0.0833. The van der Waals surface area contributed by atoms with Gasteiger partial charge < -0.3 is 5.32 Å². The maximum absolute atomic E-state index is 6.05. The molecule has 0 saturated heterocycles. The summed E-state index contributed by atoms with van der Waals surface area (Å²) in [5.74, 6) is 0.512. The number of hydrogen-bond donors (Lipinski definition) is 2. The third-order valence-corrected chi connectivity index (χ3v) is 3.47. The van der Waals surface area contributed by atoms with Crippen LogP contribution in [0.3, 0.4) is 0 Å². The number of nitrogens with one attached hydrogen (secondary N) is 2. The Morgan fingerprint density at radius 1 is 1.16 bits per heavy atom. The van der Waals surface area contributed by atoms with Crippen LogP contribution in [0.25, 0.3) is 22.3 Å². The number of halogens is 2. The number of benzene rings is 1. The van der Waals surface area contributed by atoms with Gasteiger partial charge in [0.15, 0.2) is 5.65 Å². The number of aromatic nitrogens is 4. The highest BCUT2D eigenvalue weighted by Crippen LogP contribution is 2.31. The van der Waals surface area contributed by atoms with Gasteiger partial charge in [-0.15, -0.1) is 0 Å². The molecule has 2 aromatic heterocycles. The largest absolute Gasteiger partial charge is 0.357 e. The Morgan fingerprint density at radius 2 is 2.00 bits per heavy atom. The van der Waals surface area contributed by atoms with Crippen LogP contribution in [0.1, 0.15) is 0 Å². The van der Waals surface area contributed by atoms with Gasteiger partial charge in [0.2, 0.25) is 5.95 Å². The summed E-state index contributed by atoms with van der Waals surface area (Å²) in [6.45, 7) is 0. The first-order valence-electron chi connectivity index (χ1n) is 5.53. The zero-order valence-electron chi connectivity index (χ0n) is 9.91. The second-order valence-corrected chi connectivity index (χ2v) is 4.72. The van der Waals surface area contributed by atoms with Gasteiger partial charge in [-0.2, -0.15) is 10.1 Å². The minimum absolute atomic E-state index is 0.487. The molecule has 0 atom stereocenters. The molecule has 0 spiro atoms. The summed E-state index contributed by atoms with van der Waals surface area (Å²) >= 11 is 12.0. The Hall–Kier alpha value is -1.85. The molecular formula is C12H9Cl2N5. The van der Waals surface area contributed by atoms with Gasteiger partial charge in [0.1, 0.15) is 0 Å². The van der Waals surface area contributed by atoms with Gasteiger partial charge >= 0.3 is 0 Å². The molecule has 0 saturated carbocycles. The zero-order valence-corrected chi connectivity index (χ0v) is 11.4. The summed E-state index contributed by atoms with van der Waals surface area (Å²) in [5.41, 5.74) is 2.28. The lowest BCUT2D eigenvalue weighted by Gasteiger charge is -2.06. The smallest absolute Gasteiger partial charge is 0.225 e. The van der Waals surface area contributed by atoms with Gasteiger partial charge in [0.25, 0.3) is 0 Å². The van der Waals surface area contributed by atoms with Crippen LogP contribution in [-0.4, -0.2) is 27.2 Å². The minimum Gasteiger partial charge on any atom is -0.357 e. The van der Waals surface area contributed by atoms with Crippen molar-refractivity contribution in [1.82, 2.24) is 20.2 Å². The van der Waals surface area contributed by atoms with Crippen LogP contribution in [0.15, 0.2) is 24.4 Å². The van der Waals surface area contributed by atoms with E-state index in [1.54, 1.807) is 25.4 Å². The summed E-state index contributed by atoms with van der Waals surface area (Å²) in [6, 6.07) is 5.38. The second kappa shape index (κ2) is 4.68. The van der Waals surface area contributed by atoms with E-state index in [-0.39, 0.29) is 0 Å². The predicted octanol–water partition coefficient (Wildman–Crippen LogP) is 3.37. The first-order valence-corrected chi connectivity index (χ1v) is 6.29. The molecule has 0 unspecified atom stereocenters. The standard InChI is InChI=1S/C12H9Cl2N5/c1-15-12-17-10(7-5-16-19-11(7)18-12)6-2-3-8(13)9(14)4-6/h2-5H,1H3,(H2,15,16,17,18,19). The molecular weight excluding hydrogens is 285 g/mol. The van der Waals surface area contributed by atoms with Crippen LogP contribution in [0.4, 0.5) is 5.95 Å². The molecule has 0 aliphatic carbocycles. The fourth-order valence-electron chi connectivity index (χ4n) is 1.81. The molecule has 2 N–H and O–H groups in total. The van der Waals surface area contributed by atoms with E-state index < -0.39 is 0 Å². The van der Waals surface area contributed by atoms with Gasteiger partial charge in [-0.3, -0.25) is 5.10 Å². The van der Waals surface area contributed by atoms with Gasteiger partial charge in [-0.05, 0) is 12.1 Å². The number of nitrogens with zero attached hydrogens (tertiary/aromatic N) is 3. The molecule has 0 fully saturated rings. The Balaban J connectivity index is 2.27. The molecule has 0 bridgehead atoms. The van der Waals surface area contributed by atoms with E-state index in [0.29, 0.717) is 21.6 Å². The van der Waals surface area contributed by atoms with E-state index in [0.717, 1.165) is 16.6 Å². The van der Waals surface area contributed by atoms with Crippen molar-refractivity contribution in [1.29, 1.82) is 0 Å². The van der Waals surface area contributed by atoms with E-state index in [1.165, 1.54) is 0 Å². The summed E-state index contributed by atoms with van der Waals surface area (Å²) in [6.07, 6.45) is 1.69. The zero-order chi connectivity index (χ0) is 13.4. The van der Waals surface area contributed by atoms with Gasteiger partial charge in [-0.25, -0.2) is 4.98 Å². The molecule has 2 heterocycles. The van der Waals surface area contributed by atoms with Crippen molar-refractivity contribution in [3.05, 3.63) is 34.4 Å². The van der Waals surface area contributed by atoms with Crippen LogP contribution in [-0.2, 0) is 0 Å². The molecule has 7 heteroatoms. The number of anilines is 1. The van der Waals surface area contributed by atoms with Crippen molar-refractivity contribution in [3.63, 3.8) is 0 Å². The molecule has 0 radical (unpaired) electrons. The van der Waals surface area contributed by atoms with Crippen LogP contribution in [0.2, 0.25) is 10.0 Å². The highest BCUT2D eigenvalue weighted by atomic mass is 35.5. The normalized spacial score (nSPS) is 10.9. The molecule has 3 aromatic rings. The molecule has 1 aromatic carbocycles. The Labute approximate surface area is 119 Å². The average molecular weight is 294 g/mol. The molecule has 19 heavy (non-hydrogen) atoms. The first kappa shape index (κ1) is 12.2. The molecule has 0 amide bonds. The summed E-state index contributed by atoms with van der Waals surface area (Å²) in [5, 5.41) is 11.6. The molecule has 96 valence electrons. The van der Waals surface area contributed by atoms with E-state index in [9.17, 15) is 0 Å². The number of hydrogen-bond acceptors (Lipinski definition) is 4. The minimum atomic E-state index is 0.487. The average Bonchev–Trinajstić information content (AvgIpc) is 2.89. The number of rotatable bonds is 2. The quantitative estimate of drug-likeness (QED) is 0.760. The lowest BCUT2D eigenvalue weighted by Crippen LogP contribution is -1.98. The summed E-state index contributed by atoms with van der Waals surface area (Å²) < 4.78 is 0. The highest BCUT2D eigenvalue weighted by Gasteiger charge is 2.12. The molecule has 0 aliphatic heterocycles. The summed E-state index contributed by atoms with van der Waals surface area (Å²) in [7, 11) is 1.76. The highest BCUT2D eigenvalue weighted by molar-refractivity contribution is 6.42. The van der Waals surface area contributed by atoms with Crippen molar-refractivity contribution in [3.8, 4) is 11.3 Å². The molecule has 3 rings (SSSR count). The van der Waals surface area contributed by atoms with Crippen LogP contribution in [0.5, 0.6) is 0 Å². The summed E-state index contributed by atoms with van der Waals surface area (Å²) in [4.78, 5) is 8.73. The number of fused-ring (bicyclic) bond motifs is 1. The number of aromatic amines is 1.